The Morgan fingerprint density at radius 3 is 2.61 bits per heavy atom. The van der Waals surface area contributed by atoms with Crippen LogP contribution >= 0.6 is 11.8 Å². The smallest absolute Gasteiger partial charge is 0.237 e. The molecule has 0 aliphatic carbocycles. The monoisotopic (exact) mass is 424 g/mol. The summed E-state index contributed by atoms with van der Waals surface area (Å²) in [5.74, 6) is 0.431. The van der Waals surface area contributed by atoms with Crippen molar-refractivity contribution in [3.63, 3.8) is 0 Å². The number of carbonyl (C=O) groups excluding carboxylic acids is 1. The predicted octanol–water partition coefficient (Wildman–Crippen LogP) is 5.11. The van der Waals surface area contributed by atoms with E-state index in [9.17, 15) is 4.79 Å². The molecule has 1 amide bonds. The van der Waals surface area contributed by atoms with Gasteiger partial charge in [-0.25, -0.2) is 9.97 Å². The van der Waals surface area contributed by atoms with Gasteiger partial charge in [-0.15, -0.1) is 0 Å². The minimum absolute atomic E-state index is 0.106. The molecule has 0 bridgehead atoms. The quantitative estimate of drug-likeness (QED) is 0.298. The van der Waals surface area contributed by atoms with E-state index >= 15 is 0 Å². The molecule has 2 aromatic heterocycles. The Kier molecular flexibility index (Phi) is 4.21. The van der Waals surface area contributed by atoms with Gasteiger partial charge < -0.3 is 4.90 Å². The number of amides is 1. The van der Waals surface area contributed by atoms with Crippen LogP contribution in [0.2, 0.25) is 0 Å². The molecule has 1 aliphatic heterocycles. The first-order valence-electron chi connectivity index (χ1n) is 10.4. The normalized spacial score (nSPS) is 15.8. The van der Waals surface area contributed by atoms with Crippen molar-refractivity contribution in [3.05, 3.63) is 78.4 Å². The summed E-state index contributed by atoms with van der Waals surface area (Å²) in [7, 11) is 0. The fourth-order valence-electron chi connectivity index (χ4n) is 4.55. The van der Waals surface area contributed by atoms with Crippen molar-refractivity contribution < 1.29 is 4.79 Å². The van der Waals surface area contributed by atoms with Crippen molar-refractivity contribution in [1.29, 1.82) is 0 Å². The first kappa shape index (κ1) is 18.4. The van der Waals surface area contributed by atoms with Gasteiger partial charge in [0.1, 0.15) is 5.65 Å². The van der Waals surface area contributed by atoms with Crippen LogP contribution in [-0.2, 0) is 11.2 Å². The summed E-state index contributed by atoms with van der Waals surface area (Å²) < 4.78 is 2.08. The van der Waals surface area contributed by atoms with E-state index in [1.807, 2.05) is 65.6 Å². The van der Waals surface area contributed by atoms with Crippen LogP contribution in [0.5, 0.6) is 0 Å². The summed E-state index contributed by atoms with van der Waals surface area (Å²) in [5, 5.41) is 1.80. The summed E-state index contributed by atoms with van der Waals surface area (Å²) in [6, 6.07) is 24.5. The van der Waals surface area contributed by atoms with E-state index in [-0.39, 0.29) is 11.9 Å². The average Bonchev–Trinajstić information content (AvgIpc) is 3.35. The lowest BCUT2D eigenvalue weighted by molar-refractivity contribution is -0.116. The highest BCUT2D eigenvalue weighted by atomic mass is 32.2. The van der Waals surface area contributed by atoms with Gasteiger partial charge >= 0.3 is 0 Å². The van der Waals surface area contributed by atoms with Gasteiger partial charge in [0.15, 0.2) is 5.16 Å². The third kappa shape index (κ3) is 2.90. The Hall–Kier alpha value is -3.38. The number of rotatable bonds is 3. The minimum Gasteiger partial charge on any atom is -0.308 e. The maximum atomic E-state index is 13.2. The zero-order chi connectivity index (χ0) is 20.9. The highest BCUT2D eigenvalue weighted by molar-refractivity contribution is 7.99. The maximum absolute atomic E-state index is 13.2. The van der Waals surface area contributed by atoms with Gasteiger partial charge in [-0.05, 0) is 49.2 Å². The fraction of sp³-hybridized carbons (Fsp3) is 0.160. The molecule has 5 aromatic rings. The van der Waals surface area contributed by atoms with Crippen LogP contribution in [0.25, 0.3) is 27.6 Å². The molecule has 1 aliphatic rings. The Morgan fingerprint density at radius 1 is 0.968 bits per heavy atom. The van der Waals surface area contributed by atoms with E-state index in [2.05, 4.69) is 23.5 Å². The molecular formula is C25H20N4OS. The lowest BCUT2D eigenvalue weighted by atomic mass is 10.1. The molecule has 1 unspecified atom stereocenters. The predicted molar refractivity (Wildman–Crippen MR) is 126 cm³/mol. The molecule has 3 heterocycles. The molecule has 0 saturated heterocycles. The van der Waals surface area contributed by atoms with Gasteiger partial charge in [0.05, 0.1) is 22.3 Å². The number of hydrogen-bond donors (Lipinski definition) is 0. The van der Waals surface area contributed by atoms with E-state index < -0.39 is 0 Å². The summed E-state index contributed by atoms with van der Waals surface area (Å²) in [5.41, 5.74) is 5.97. The van der Waals surface area contributed by atoms with Crippen LogP contribution in [0.4, 0.5) is 5.69 Å². The zero-order valence-electron chi connectivity index (χ0n) is 17.0. The van der Waals surface area contributed by atoms with Crippen LogP contribution in [0.3, 0.4) is 0 Å². The van der Waals surface area contributed by atoms with E-state index in [4.69, 9.17) is 9.97 Å². The molecule has 152 valence electrons. The molecule has 6 heteroatoms. The van der Waals surface area contributed by atoms with Crippen LogP contribution in [0, 0.1) is 0 Å². The minimum atomic E-state index is 0.106. The number of benzene rings is 3. The van der Waals surface area contributed by atoms with Gasteiger partial charge in [-0.1, -0.05) is 54.2 Å². The summed E-state index contributed by atoms with van der Waals surface area (Å²) >= 11 is 1.48. The topological polar surface area (TPSA) is 50.5 Å². The SMILES string of the molecule is CC1Cc2ccccc2N1C(=O)CSc1nc2ccccc2c2nc3ccccc3n12. The summed E-state index contributed by atoms with van der Waals surface area (Å²) in [6.45, 7) is 2.11. The molecule has 0 fully saturated rings. The van der Waals surface area contributed by atoms with Crippen molar-refractivity contribution in [2.75, 3.05) is 10.7 Å². The number of thioether (sulfide) groups is 1. The lowest BCUT2D eigenvalue weighted by Gasteiger charge is -2.22. The fourth-order valence-corrected chi connectivity index (χ4v) is 5.42. The van der Waals surface area contributed by atoms with Gasteiger partial charge in [-0.2, -0.15) is 0 Å². The molecule has 1 atom stereocenters. The summed E-state index contributed by atoms with van der Waals surface area (Å²) in [4.78, 5) is 25.0. The van der Waals surface area contributed by atoms with Crippen molar-refractivity contribution in [2.45, 2.75) is 24.5 Å². The highest BCUT2D eigenvalue weighted by Gasteiger charge is 2.30. The molecule has 31 heavy (non-hydrogen) atoms. The van der Waals surface area contributed by atoms with Crippen LogP contribution in [0.15, 0.2) is 78.0 Å². The Morgan fingerprint density at radius 2 is 1.71 bits per heavy atom. The van der Waals surface area contributed by atoms with E-state index in [1.54, 1.807) is 0 Å². The van der Waals surface area contributed by atoms with Crippen molar-refractivity contribution in [1.82, 2.24) is 14.4 Å². The van der Waals surface area contributed by atoms with Crippen molar-refractivity contribution in [3.8, 4) is 0 Å². The second-order valence-electron chi connectivity index (χ2n) is 7.91. The first-order valence-corrected chi connectivity index (χ1v) is 11.4. The number of aromatic nitrogens is 3. The average molecular weight is 425 g/mol. The molecule has 3 aromatic carbocycles. The van der Waals surface area contributed by atoms with Crippen LogP contribution in [0.1, 0.15) is 12.5 Å². The number of carbonyl (C=O) groups is 1. The van der Waals surface area contributed by atoms with Crippen LogP contribution in [-0.4, -0.2) is 32.1 Å². The third-order valence-electron chi connectivity index (χ3n) is 5.91. The van der Waals surface area contributed by atoms with E-state index in [0.29, 0.717) is 5.75 Å². The second kappa shape index (κ2) is 7.10. The van der Waals surface area contributed by atoms with E-state index in [0.717, 1.165) is 44.8 Å². The second-order valence-corrected chi connectivity index (χ2v) is 8.85. The van der Waals surface area contributed by atoms with Crippen molar-refractivity contribution >= 4 is 50.9 Å². The number of para-hydroxylation sites is 4. The van der Waals surface area contributed by atoms with Gasteiger partial charge in [0.2, 0.25) is 5.91 Å². The van der Waals surface area contributed by atoms with E-state index in [1.165, 1.54) is 17.3 Å². The Labute approximate surface area is 183 Å². The molecule has 0 N–H and O–H groups in total. The van der Waals surface area contributed by atoms with Gasteiger partial charge in [-0.3, -0.25) is 9.20 Å². The highest BCUT2D eigenvalue weighted by Crippen LogP contribution is 2.34. The molecular weight excluding hydrogens is 404 g/mol. The Balaban J connectivity index is 1.41. The number of imidazole rings is 1. The summed E-state index contributed by atoms with van der Waals surface area (Å²) in [6.07, 6.45) is 0.900. The first-order chi connectivity index (χ1) is 15.2. The van der Waals surface area contributed by atoms with Crippen LogP contribution < -0.4 is 4.90 Å². The molecule has 5 nitrogen and oxygen atoms in total. The molecule has 0 radical (unpaired) electrons. The zero-order valence-corrected chi connectivity index (χ0v) is 17.8. The van der Waals surface area contributed by atoms with Gasteiger partial charge in [0, 0.05) is 17.1 Å². The molecule has 0 spiro atoms. The largest absolute Gasteiger partial charge is 0.308 e. The van der Waals surface area contributed by atoms with Gasteiger partial charge in [0.25, 0.3) is 0 Å². The number of anilines is 1. The standard InChI is InChI=1S/C25H20N4OS/c1-16-14-17-8-2-6-12-21(17)28(16)23(30)15-31-25-27-19-10-4-3-9-18(19)24-26-20-11-5-7-13-22(20)29(24)25/h2-13,16H,14-15H2,1H3. The Bertz CT molecular complexity index is 1470. The number of fused-ring (bicyclic) bond motifs is 6. The number of hydrogen-bond acceptors (Lipinski definition) is 4. The number of nitrogens with zero attached hydrogens (tertiary/aromatic N) is 4. The third-order valence-corrected chi connectivity index (χ3v) is 6.84. The maximum Gasteiger partial charge on any atom is 0.237 e. The van der Waals surface area contributed by atoms with Crippen molar-refractivity contribution in [2.24, 2.45) is 0 Å². The molecule has 0 saturated carbocycles. The lowest BCUT2D eigenvalue weighted by Crippen LogP contribution is -2.37. The molecule has 6 rings (SSSR count).